The van der Waals surface area contributed by atoms with Crippen molar-refractivity contribution in [3.63, 3.8) is 0 Å². The van der Waals surface area contributed by atoms with Crippen LogP contribution in [0, 0.1) is 29.6 Å². The van der Waals surface area contributed by atoms with Crippen molar-refractivity contribution in [2.24, 2.45) is 0 Å². The van der Waals surface area contributed by atoms with Gasteiger partial charge in [0, 0.05) is 35.9 Å². The highest BCUT2D eigenvalue weighted by Gasteiger charge is 2.23. The Morgan fingerprint density at radius 2 is 1.81 bits per heavy atom. The third-order valence-electron chi connectivity index (χ3n) is 4.59. The maximum absolute atomic E-state index is 9.89. The molecule has 26 heavy (non-hydrogen) atoms. The fraction of sp³-hybridized carbons (Fsp3) is 0.227. The van der Waals surface area contributed by atoms with Gasteiger partial charge in [-0.3, -0.25) is 4.98 Å². The highest BCUT2D eigenvalue weighted by molar-refractivity contribution is 5.76. The Morgan fingerprint density at radius 1 is 1.08 bits per heavy atom. The second kappa shape index (κ2) is 7.25. The molecule has 0 amide bonds. The predicted molar refractivity (Wildman–Crippen MR) is 101 cm³/mol. The lowest BCUT2D eigenvalue weighted by molar-refractivity contribution is 0.674. The van der Waals surface area contributed by atoms with Crippen LogP contribution < -0.4 is 0 Å². The molecule has 0 saturated carbocycles. The Hall–Kier alpha value is -3.37. The standard InChI is InChI=1S/C22H20N4/c1-15(2)22-20(12-24)21(19-8-6-17(11-23)7-9-19)16(3)26(22)14-18-5-4-10-25-13-18/h4-10,13,15H,14H2,1-3H3. The largest absolute Gasteiger partial charge is 0.342 e. The molecule has 3 aromatic rings. The van der Waals surface area contributed by atoms with E-state index in [1.165, 1.54) is 0 Å². The highest BCUT2D eigenvalue weighted by Crippen LogP contribution is 2.36. The van der Waals surface area contributed by atoms with Crippen LogP contribution in [0.3, 0.4) is 0 Å². The summed E-state index contributed by atoms with van der Waals surface area (Å²) in [5.74, 6) is 0.215. The maximum Gasteiger partial charge on any atom is 0.102 e. The first kappa shape index (κ1) is 17.5. The normalized spacial score (nSPS) is 10.5. The molecule has 4 heteroatoms. The number of pyridine rings is 1. The van der Waals surface area contributed by atoms with Crippen LogP contribution in [-0.4, -0.2) is 9.55 Å². The van der Waals surface area contributed by atoms with Gasteiger partial charge < -0.3 is 4.57 Å². The highest BCUT2D eigenvalue weighted by atomic mass is 15.0. The average Bonchev–Trinajstić information content (AvgIpc) is 2.94. The molecule has 3 rings (SSSR count). The molecular weight excluding hydrogens is 320 g/mol. The third kappa shape index (κ3) is 3.10. The van der Waals surface area contributed by atoms with Crippen molar-refractivity contribution in [3.05, 3.63) is 76.9 Å². The molecule has 0 radical (unpaired) electrons. The smallest absolute Gasteiger partial charge is 0.102 e. The second-order valence-electron chi connectivity index (χ2n) is 6.62. The lowest BCUT2D eigenvalue weighted by atomic mass is 9.97. The lowest BCUT2D eigenvalue weighted by Crippen LogP contribution is -2.08. The van der Waals surface area contributed by atoms with Crippen molar-refractivity contribution >= 4 is 0 Å². The molecule has 2 aromatic heterocycles. The molecule has 128 valence electrons. The van der Waals surface area contributed by atoms with Gasteiger partial charge in [0.05, 0.1) is 17.2 Å². The minimum Gasteiger partial charge on any atom is -0.342 e. The minimum atomic E-state index is 0.215. The van der Waals surface area contributed by atoms with Gasteiger partial charge in [0.25, 0.3) is 0 Å². The Labute approximate surface area is 154 Å². The molecule has 2 heterocycles. The molecule has 0 bridgehead atoms. The van der Waals surface area contributed by atoms with Gasteiger partial charge in [-0.1, -0.05) is 32.0 Å². The van der Waals surface area contributed by atoms with Gasteiger partial charge in [0.15, 0.2) is 0 Å². The van der Waals surface area contributed by atoms with Gasteiger partial charge in [-0.15, -0.1) is 0 Å². The molecule has 4 nitrogen and oxygen atoms in total. The Morgan fingerprint density at radius 3 is 2.35 bits per heavy atom. The number of aromatic nitrogens is 2. The summed E-state index contributed by atoms with van der Waals surface area (Å²) in [6.45, 7) is 6.95. The molecule has 1 aromatic carbocycles. The van der Waals surface area contributed by atoms with Crippen molar-refractivity contribution in [2.45, 2.75) is 33.2 Å². The first-order valence-corrected chi connectivity index (χ1v) is 8.59. The van der Waals surface area contributed by atoms with Crippen LogP contribution >= 0.6 is 0 Å². The first-order chi connectivity index (χ1) is 12.6. The molecule has 0 fully saturated rings. The van der Waals surface area contributed by atoms with E-state index >= 15 is 0 Å². The molecule has 0 saturated heterocycles. The predicted octanol–water partition coefficient (Wildman–Crippen LogP) is 4.77. The van der Waals surface area contributed by atoms with E-state index in [1.807, 2.05) is 30.5 Å². The number of nitriles is 2. The molecule has 0 aliphatic heterocycles. The fourth-order valence-corrected chi connectivity index (χ4v) is 3.42. The molecule has 0 N–H and O–H groups in total. The summed E-state index contributed by atoms with van der Waals surface area (Å²) in [6, 6.07) is 16.0. The average molecular weight is 340 g/mol. The van der Waals surface area contributed by atoms with Crippen molar-refractivity contribution in [2.75, 3.05) is 0 Å². The summed E-state index contributed by atoms with van der Waals surface area (Å²) in [7, 11) is 0. The number of nitrogens with zero attached hydrogens (tertiary/aromatic N) is 4. The quantitative estimate of drug-likeness (QED) is 0.687. The maximum atomic E-state index is 9.89. The monoisotopic (exact) mass is 340 g/mol. The Balaban J connectivity index is 2.20. The fourth-order valence-electron chi connectivity index (χ4n) is 3.42. The molecule has 0 atom stereocenters. The summed E-state index contributed by atoms with van der Waals surface area (Å²) >= 11 is 0. The van der Waals surface area contributed by atoms with Gasteiger partial charge >= 0.3 is 0 Å². The first-order valence-electron chi connectivity index (χ1n) is 8.59. The number of hydrogen-bond acceptors (Lipinski definition) is 3. The van der Waals surface area contributed by atoms with Crippen molar-refractivity contribution in [1.82, 2.24) is 9.55 Å². The Kier molecular flexibility index (Phi) is 4.87. The van der Waals surface area contributed by atoms with E-state index in [4.69, 9.17) is 5.26 Å². The summed E-state index contributed by atoms with van der Waals surface area (Å²) in [4.78, 5) is 4.20. The van der Waals surface area contributed by atoms with Gasteiger partial charge in [-0.25, -0.2) is 0 Å². The number of hydrogen-bond donors (Lipinski definition) is 0. The summed E-state index contributed by atoms with van der Waals surface area (Å²) < 4.78 is 2.22. The molecular formula is C22H20N4. The molecule has 0 aliphatic rings. The zero-order valence-electron chi connectivity index (χ0n) is 15.2. The molecule has 0 unspecified atom stereocenters. The van der Waals surface area contributed by atoms with E-state index in [0.717, 1.165) is 28.1 Å². The van der Waals surface area contributed by atoms with Crippen molar-refractivity contribution < 1.29 is 0 Å². The van der Waals surface area contributed by atoms with Crippen LogP contribution in [0.1, 0.15) is 47.8 Å². The molecule has 0 aliphatic carbocycles. The van der Waals surface area contributed by atoms with Gasteiger partial charge in [0.1, 0.15) is 6.07 Å². The third-order valence-corrected chi connectivity index (χ3v) is 4.59. The number of benzene rings is 1. The van der Waals surface area contributed by atoms with E-state index in [1.54, 1.807) is 18.3 Å². The SMILES string of the molecule is Cc1c(-c2ccc(C#N)cc2)c(C#N)c(C(C)C)n1Cc1cccnc1. The van der Waals surface area contributed by atoms with Crippen LogP contribution in [0.2, 0.25) is 0 Å². The topological polar surface area (TPSA) is 65.4 Å². The van der Waals surface area contributed by atoms with Crippen LogP contribution in [-0.2, 0) is 6.54 Å². The van der Waals surface area contributed by atoms with Crippen LogP contribution in [0.4, 0.5) is 0 Å². The van der Waals surface area contributed by atoms with E-state index < -0.39 is 0 Å². The zero-order valence-corrected chi connectivity index (χ0v) is 15.2. The second-order valence-corrected chi connectivity index (χ2v) is 6.62. The van der Waals surface area contributed by atoms with Gasteiger partial charge in [-0.05, 0) is 42.2 Å². The Bertz CT molecular complexity index is 998. The van der Waals surface area contributed by atoms with E-state index in [0.29, 0.717) is 17.7 Å². The lowest BCUT2D eigenvalue weighted by Gasteiger charge is -2.14. The van der Waals surface area contributed by atoms with Crippen LogP contribution in [0.15, 0.2) is 48.8 Å². The zero-order chi connectivity index (χ0) is 18.7. The van der Waals surface area contributed by atoms with Crippen LogP contribution in [0.5, 0.6) is 0 Å². The van der Waals surface area contributed by atoms with Crippen LogP contribution in [0.25, 0.3) is 11.1 Å². The summed E-state index contributed by atoms with van der Waals surface area (Å²) in [5, 5.41) is 18.9. The van der Waals surface area contributed by atoms with Gasteiger partial charge in [-0.2, -0.15) is 10.5 Å². The minimum absolute atomic E-state index is 0.215. The van der Waals surface area contributed by atoms with Crippen molar-refractivity contribution in [1.29, 1.82) is 10.5 Å². The number of rotatable bonds is 4. The van der Waals surface area contributed by atoms with E-state index in [9.17, 15) is 5.26 Å². The molecule has 0 spiro atoms. The van der Waals surface area contributed by atoms with E-state index in [2.05, 4.69) is 42.5 Å². The summed E-state index contributed by atoms with van der Waals surface area (Å²) in [5.41, 5.74) is 6.43. The van der Waals surface area contributed by atoms with Gasteiger partial charge in [0.2, 0.25) is 0 Å². The van der Waals surface area contributed by atoms with Crippen molar-refractivity contribution in [3.8, 4) is 23.3 Å². The summed E-state index contributed by atoms with van der Waals surface area (Å²) in [6.07, 6.45) is 3.62. The van der Waals surface area contributed by atoms with E-state index in [-0.39, 0.29) is 5.92 Å².